The molecular formula is C14H17N3O2. The number of aryl methyl sites for hydroxylation is 2. The van der Waals surface area contributed by atoms with Crippen molar-refractivity contribution < 1.29 is 9.90 Å². The summed E-state index contributed by atoms with van der Waals surface area (Å²) in [5, 5.41) is 13.5. The Morgan fingerprint density at radius 1 is 1.26 bits per heavy atom. The molecule has 0 atom stereocenters. The van der Waals surface area contributed by atoms with Gasteiger partial charge in [0.2, 0.25) is 0 Å². The molecule has 1 N–H and O–H groups in total. The number of carbonyl (C=O) groups is 1. The Balaban J connectivity index is 2.08. The predicted octanol–water partition coefficient (Wildman–Crippen LogP) is 2.68. The summed E-state index contributed by atoms with van der Waals surface area (Å²) in [6.45, 7) is 4.79. The zero-order valence-corrected chi connectivity index (χ0v) is 11.1. The van der Waals surface area contributed by atoms with Gasteiger partial charge in [0.15, 0.2) is 0 Å². The maximum absolute atomic E-state index is 11.3. The van der Waals surface area contributed by atoms with Gasteiger partial charge in [0, 0.05) is 18.4 Å². The first-order chi connectivity index (χ1) is 9.06. The molecule has 0 saturated heterocycles. The summed E-state index contributed by atoms with van der Waals surface area (Å²) >= 11 is 0. The maximum Gasteiger partial charge on any atom is 0.411 e. The van der Waals surface area contributed by atoms with Crippen molar-refractivity contribution in [2.75, 3.05) is 11.4 Å². The van der Waals surface area contributed by atoms with Gasteiger partial charge in [-0.1, -0.05) is 17.7 Å². The largest absolute Gasteiger partial charge is 0.465 e. The van der Waals surface area contributed by atoms with E-state index in [4.69, 9.17) is 0 Å². The van der Waals surface area contributed by atoms with E-state index in [2.05, 4.69) is 5.10 Å². The third-order valence-corrected chi connectivity index (χ3v) is 2.90. The Morgan fingerprint density at radius 3 is 2.47 bits per heavy atom. The van der Waals surface area contributed by atoms with Gasteiger partial charge >= 0.3 is 6.09 Å². The summed E-state index contributed by atoms with van der Waals surface area (Å²) in [7, 11) is 0. The molecule has 2 rings (SSSR count). The van der Waals surface area contributed by atoms with Crippen LogP contribution < -0.4 is 4.90 Å². The van der Waals surface area contributed by atoms with Gasteiger partial charge in [-0.2, -0.15) is 5.10 Å². The third kappa shape index (κ3) is 3.34. The molecule has 0 aliphatic heterocycles. The average Bonchev–Trinajstić information content (AvgIpc) is 2.77. The molecule has 100 valence electrons. The van der Waals surface area contributed by atoms with Crippen molar-refractivity contribution in [1.82, 2.24) is 9.78 Å². The van der Waals surface area contributed by atoms with Crippen molar-refractivity contribution >= 4 is 11.8 Å². The van der Waals surface area contributed by atoms with E-state index in [1.807, 2.05) is 50.4 Å². The van der Waals surface area contributed by atoms with Gasteiger partial charge in [-0.3, -0.25) is 9.58 Å². The first-order valence-corrected chi connectivity index (χ1v) is 6.13. The fraction of sp³-hybridized carbons (Fsp3) is 0.286. The minimum Gasteiger partial charge on any atom is -0.465 e. The fourth-order valence-corrected chi connectivity index (χ4v) is 1.85. The summed E-state index contributed by atoms with van der Waals surface area (Å²) in [6.07, 6.45) is 0.901. The van der Waals surface area contributed by atoms with E-state index < -0.39 is 6.09 Å². The molecule has 5 nitrogen and oxygen atoms in total. The highest BCUT2D eigenvalue weighted by molar-refractivity contribution is 5.85. The van der Waals surface area contributed by atoms with Gasteiger partial charge in [0.25, 0.3) is 0 Å². The zero-order chi connectivity index (χ0) is 13.8. The maximum atomic E-state index is 11.3. The molecule has 1 aromatic heterocycles. The highest BCUT2D eigenvalue weighted by atomic mass is 16.4. The summed E-state index contributed by atoms with van der Waals surface area (Å²) < 4.78 is 1.75. The van der Waals surface area contributed by atoms with Crippen LogP contribution >= 0.6 is 0 Å². The van der Waals surface area contributed by atoms with Crippen LogP contribution in [0.2, 0.25) is 0 Å². The number of carboxylic acid groups (broad SMARTS) is 1. The molecule has 0 fully saturated rings. The number of benzene rings is 1. The van der Waals surface area contributed by atoms with Gasteiger partial charge in [-0.25, -0.2) is 4.79 Å². The molecule has 1 amide bonds. The number of anilines is 1. The molecule has 0 aliphatic carbocycles. The van der Waals surface area contributed by atoms with Crippen molar-refractivity contribution in [3.63, 3.8) is 0 Å². The summed E-state index contributed by atoms with van der Waals surface area (Å²) in [5.74, 6) is 0. The number of aromatic nitrogens is 2. The van der Waals surface area contributed by atoms with Crippen LogP contribution in [0.4, 0.5) is 10.5 Å². The average molecular weight is 259 g/mol. The van der Waals surface area contributed by atoms with Gasteiger partial charge in [-0.05, 0) is 32.0 Å². The van der Waals surface area contributed by atoms with E-state index in [-0.39, 0.29) is 0 Å². The fourth-order valence-electron chi connectivity index (χ4n) is 1.85. The van der Waals surface area contributed by atoms with Crippen molar-refractivity contribution in [3.05, 3.63) is 47.8 Å². The Bertz CT molecular complexity index is 560. The molecule has 0 saturated carbocycles. The molecule has 0 aliphatic rings. The first-order valence-electron chi connectivity index (χ1n) is 6.13. The van der Waals surface area contributed by atoms with E-state index in [0.29, 0.717) is 18.8 Å². The van der Waals surface area contributed by atoms with Gasteiger partial charge in [0.05, 0.1) is 12.2 Å². The molecule has 5 heteroatoms. The van der Waals surface area contributed by atoms with E-state index >= 15 is 0 Å². The molecule has 0 unspecified atom stereocenters. The first kappa shape index (κ1) is 13.1. The topological polar surface area (TPSA) is 58.4 Å². The lowest BCUT2D eigenvalue weighted by atomic mass is 10.2. The molecule has 1 aromatic carbocycles. The number of amides is 1. The van der Waals surface area contributed by atoms with E-state index in [1.165, 1.54) is 4.90 Å². The summed E-state index contributed by atoms with van der Waals surface area (Å²) in [4.78, 5) is 12.6. The lowest BCUT2D eigenvalue weighted by molar-refractivity contribution is 0.201. The lowest BCUT2D eigenvalue weighted by Crippen LogP contribution is -2.32. The molecule has 0 radical (unpaired) electrons. The monoisotopic (exact) mass is 259 g/mol. The molecule has 1 heterocycles. The third-order valence-electron chi connectivity index (χ3n) is 2.90. The number of nitrogens with zero attached hydrogens (tertiary/aromatic N) is 3. The van der Waals surface area contributed by atoms with Gasteiger partial charge < -0.3 is 5.11 Å². The molecule has 19 heavy (non-hydrogen) atoms. The SMILES string of the molecule is Cc1ccc(N(CCn2ccc(C)n2)C(=O)O)cc1. The molecular weight excluding hydrogens is 242 g/mol. The second-order valence-electron chi connectivity index (χ2n) is 4.49. The van der Waals surface area contributed by atoms with Crippen molar-refractivity contribution in [3.8, 4) is 0 Å². The Kier molecular flexibility index (Phi) is 3.85. The smallest absolute Gasteiger partial charge is 0.411 e. The molecule has 0 bridgehead atoms. The summed E-state index contributed by atoms with van der Waals surface area (Å²) in [6, 6.07) is 9.35. The van der Waals surface area contributed by atoms with E-state index in [0.717, 1.165) is 11.3 Å². The van der Waals surface area contributed by atoms with Crippen LogP contribution in [-0.4, -0.2) is 27.5 Å². The lowest BCUT2D eigenvalue weighted by Gasteiger charge is -2.19. The van der Waals surface area contributed by atoms with E-state index in [9.17, 15) is 9.90 Å². The molecule has 2 aromatic rings. The molecule has 0 spiro atoms. The van der Waals surface area contributed by atoms with Crippen LogP contribution in [0.15, 0.2) is 36.5 Å². The van der Waals surface area contributed by atoms with Crippen LogP contribution in [0.5, 0.6) is 0 Å². The van der Waals surface area contributed by atoms with Gasteiger partial charge in [0.1, 0.15) is 0 Å². The Labute approximate surface area is 112 Å². The quantitative estimate of drug-likeness (QED) is 0.918. The highest BCUT2D eigenvalue weighted by Gasteiger charge is 2.13. The van der Waals surface area contributed by atoms with Crippen LogP contribution in [0, 0.1) is 13.8 Å². The number of rotatable bonds is 4. The number of hydrogen-bond acceptors (Lipinski definition) is 2. The van der Waals surface area contributed by atoms with Crippen LogP contribution in [-0.2, 0) is 6.54 Å². The second-order valence-corrected chi connectivity index (χ2v) is 4.49. The Hall–Kier alpha value is -2.30. The van der Waals surface area contributed by atoms with Crippen LogP contribution in [0.3, 0.4) is 0 Å². The van der Waals surface area contributed by atoms with E-state index in [1.54, 1.807) is 4.68 Å². The van der Waals surface area contributed by atoms with Crippen LogP contribution in [0.1, 0.15) is 11.3 Å². The minimum atomic E-state index is -0.951. The Morgan fingerprint density at radius 2 is 1.95 bits per heavy atom. The predicted molar refractivity (Wildman–Crippen MR) is 73.5 cm³/mol. The highest BCUT2D eigenvalue weighted by Crippen LogP contribution is 2.15. The second kappa shape index (κ2) is 5.56. The van der Waals surface area contributed by atoms with Crippen LogP contribution in [0.25, 0.3) is 0 Å². The zero-order valence-electron chi connectivity index (χ0n) is 11.1. The summed E-state index contributed by atoms with van der Waals surface area (Å²) in [5.41, 5.74) is 2.72. The standard InChI is InChI=1S/C14H17N3O2/c1-11-3-5-13(6-4-11)17(14(18)19)10-9-16-8-7-12(2)15-16/h3-8H,9-10H2,1-2H3,(H,18,19). The minimum absolute atomic E-state index is 0.375. The normalized spacial score (nSPS) is 10.4. The van der Waals surface area contributed by atoms with Gasteiger partial charge in [-0.15, -0.1) is 0 Å². The number of hydrogen-bond donors (Lipinski definition) is 1. The van der Waals surface area contributed by atoms with Crippen molar-refractivity contribution in [2.24, 2.45) is 0 Å². The van der Waals surface area contributed by atoms with Crippen molar-refractivity contribution in [2.45, 2.75) is 20.4 Å². The van der Waals surface area contributed by atoms with Crippen molar-refractivity contribution in [1.29, 1.82) is 0 Å².